The van der Waals surface area contributed by atoms with Crippen LogP contribution in [0.15, 0.2) is 24.3 Å². The van der Waals surface area contributed by atoms with E-state index in [0.29, 0.717) is 18.2 Å². The van der Waals surface area contributed by atoms with E-state index in [0.717, 1.165) is 25.1 Å². The van der Waals surface area contributed by atoms with Gasteiger partial charge in [0.1, 0.15) is 0 Å². The first-order valence-corrected chi connectivity index (χ1v) is 6.63. The van der Waals surface area contributed by atoms with Gasteiger partial charge in [-0.3, -0.25) is 4.79 Å². The van der Waals surface area contributed by atoms with Gasteiger partial charge in [-0.1, -0.05) is 6.07 Å². The summed E-state index contributed by atoms with van der Waals surface area (Å²) in [5.41, 5.74) is 1.52. The molecule has 1 fully saturated rings. The smallest absolute Gasteiger partial charge is 0.251 e. The van der Waals surface area contributed by atoms with Crippen LogP contribution >= 0.6 is 0 Å². The van der Waals surface area contributed by atoms with Gasteiger partial charge in [-0.05, 0) is 31.0 Å². The molecule has 5 heteroatoms. The van der Waals surface area contributed by atoms with E-state index in [-0.39, 0.29) is 19.1 Å². The number of benzene rings is 1. The lowest BCUT2D eigenvalue weighted by atomic mass is 10.1. The minimum Gasteiger partial charge on any atom is -0.395 e. The Morgan fingerprint density at radius 2 is 2.37 bits per heavy atom. The van der Waals surface area contributed by atoms with Crippen LogP contribution in [0.5, 0.6) is 0 Å². The van der Waals surface area contributed by atoms with E-state index in [1.54, 1.807) is 6.07 Å². The summed E-state index contributed by atoms with van der Waals surface area (Å²) < 4.78 is 5.42. The number of hydrogen-bond acceptors (Lipinski definition) is 4. The summed E-state index contributed by atoms with van der Waals surface area (Å²) in [6, 6.07) is 7.68. The number of aliphatic hydroxyl groups is 1. The predicted octanol–water partition coefficient (Wildman–Crippen LogP) is 1.000. The summed E-state index contributed by atoms with van der Waals surface area (Å²) in [5.74, 6) is -0.169. The van der Waals surface area contributed by atoms with Crippen molar-refractivity contribution in [1.29, 1.82) is 0 Å². The molecule has 1 saturated heterocycles. The molecule has 0 spiro atoms. The molecule has 5 nitrogen and oxygen atoms in total. The lowest BCUT2D eigenvalue weighted by Crippen LogP contribution is -2.30. The zero-order chi connectivity index (χ0) is 13.5. The summed E-state index contributed by atoms with van der Waals surface area (Å²) in [7, 11) is 0. The summed E-state index contributed by atoms with van der Waals surface area (Å²) in [4.78, 5) is 11.8. The molecule has 0 aliphatic carbocycles. The third kappa shape index (κ3) is 4.22. The number of anilines is 1. The lowest BCUT2D eigenvalue weighted by molar-refractivity contribution is 0.0876. The van der Waals surface area contributed by atoms with E-state index >= 15 is 0 Å². The average molecular weight is 264 g/mol. The van der Waals surface area contributed by atoms with Crippen molar-refractivity contribution in [2.24, 2.45) is 0 Å². The van der Waals surface area contributed by atoms with Gasteiger partial charge in [-0.2, -0.15) is 0 Å². The number of ether oxygens (including phenoxy) is 1. The Bertz CT molecular complexity index is 417. The number of amides is 1. The van der Waals surface area contributed by atoms with Crippen LogP contribution in [-0.4, -0.2) is 43.4 Å². The van der Waals surface area contributed by atoms with Crippen LogP contribution in [0.25, 0.3) is 0 Å². The molecule has 1 atom stereocenters. The molecule has 0 saturated carbocycles. The standard InChI is InChI=1S/C14H20N2O3/c17-7-6-15-14(18)11-3-1-4-12(9-11)16-13-5-2-8-19-10-13/h1,3-4,9,13,16-17H,2,5-8,10H2,(H,15,18). The maximum absolute atomic E-state index is 11.8. The van der Waals surface area contributed by atoms with Gasteiger partial charge in [0.05, 0.1) is 13.2 Å². The molecule has 1 aliphatic heterocycles. The molecule has 1 amide bonds. The number of carbonyl (C=O) groups excluding carboxylic acids is 1. The van der Waals surface area contributed by atoms with Crippen LogP contribution < -0.4 is 10.6 Å². The first kappa shape index (κ1) is 13.8. The molecule has 1 aliphatic rings. The van der Waals surface area contributed by atoms with Gasteiger partial charge in [-0.25, -0.2) is 0 Å². The van der Waals surface area contributed by atoms with Crippen molar-refractivity contribution in [2.45, 2.75) is 18.9 Å². The lowest BCUT2D eigenvalue weighted by Gasteiger charge is -2.24. The average Bonchev–Trinajstić information content (AvgIpc) is 2.46. The van der Waals surface area contributed by atoms with Gasteiger partial charge in [0.25, 0.3) is 5.91 Å². The number of hydrogen-bond donors (Lipinski definition) is 3. The van der Waals surface area contributed by atoms with E-state index in [1.807, 2.05) is 18.2 Å². The summed E-state index contributed by atoms with van der Waals surface area (Å²) >= 11 is 0. The molecular weight excluding hydrogens is 244 g/mol. The van der Waals surface area contributed by atoms with Gasteiger partial charge in [-0.15, -0.1) is 0 Å². The third-order valence-electron chi connectivity index (χ3n) is 3.05. The monoisotopic (exact) mass is 264 g/mol. The van der Waals surface area contributed by atoms with Crippen molar-refractivity contribution in [3.8, 4) is 0 Å². The highest BCUT2D eigenvalue weighted by Gasteiger charge is 2.14. The fourth-order valence-electron chi connectivity index (χ4n) is 2.11. The van der Waals surface area contributed by atoms with Gasteiger partial charge in [0, 0.05) is 30.4 Å². The number of carbonyl (C=O) groups is 1. The second kappa shape index (κ2) is 7.11. The van der Waals surface area contributed by atoms with Gasteiger partial charge in [0.2, 0.25) is 0 Å². The second-order valence-electron chi connectivity index (χ2n) is 4.62. The molecule has 1 unspecified atom stereocenters. The summed E-state index contributed by atoms with van der Waals surface area (Å²) in [5, 5.41) is 14.7. The Morgan fingerprint density at radius 1 is 1.47 bits per heavy atom. The number of aliphatic hydroxyl groups excluding tert-OH is 1. The number of rotatable bonds is 5. The van der Waals surface area contributed by atoms with Crippen molar-refractivity contribution in [1.82, 2.24) is 5.32 Å². The van der Waals surface area contributed by atoms with E-state index < -0.39 is 0 Å². The van der Waals surface area contributed by atoms with Gasteiger partial charge < -0.3 is 20.5 Å². The van der Waals surface area contributed by atoms with Crippen LogP contribution in [-0.2, 0) is 4.74 Å². The minimum atomic E-state index is -0.169. The Morgan fingerprint density at radius 3 is 3.11 bits per heavy atom. The summed E-state index contributed by atoms with van der Waals surface area (Å²) in [6.45, 7) is 1.76. The summed E-state index contributed by atoms with van der Waals surface area (Å²) in [6.07, 6.45) is 2.15. The molecule has 1 aromatic rings. The Hall–Kier alpha value is -1.59. The fourth-order valence-corrected chi connectivity index (χ4v) is 2.11. The van der Waals surface area contributed by atoms with Crippen LogP contribution in [0.3, 0.4) is 0 Å². The predicted molar refractivity (Wildman–Crippen MR) is 73.3 cm³/mol. The molecule has 1 heterocycles. The normalized spacial score (nSPS) is 18.9. The molecule has 0 aromatic heterocycles. The molecular formula is C14H20N2O3. The molecule has 0 bridgehead atoms. The van der Waals surface area contributed by atoms with Gasteiger partial charge in [0.15, 0.2) is 0 Å². The number of nitrogens with one attached hydrogen (secondary N) is 2. The van der Waals surface area contributed by atoms with Crippen molar-refractivity contribution >= 4 is 11.6 Å². The molecule has 19 heavy (non-hydrogen) atoms. The van der Waals surface area contributed by atoms with E-state index in [1.165, 1.54) is 0 Å². The van der Waals surface area contributed by atoms with Crippen molar-refractivity contribution < 1.29 is 14.6 Å². The largest absolute Gasteiger partial charge is 0.395 e. The van der Waals surface area contributed by atoms with Crippen LogP contribution in [0.1, 0.15) is 23.2 Å². The molecule has 104 valence electrons. The second-order valence-corrected chi connectivity index (χ2v) is 4.62. The quantitative estimate of drug-likeness (QED) is 0.742. The van der Waals surface area contributed by atoms with Crippen LogP contribution in [0, 0.1) is 0 Å². The zero-order valence-electron chi connectivity index (χ0n) is 10.9. The van der Waals surface area contributed by atoms with E-state index in [4.69, 9.17) is 9.84 Å². The highest BCUT2D eigenvalue weighted by atomic mass is 16.5. The van der Waals surface area contributed by atoms with E-state index in [2.05, 4.69) is 10.6 Å². The molecule has 3 N–H and O–H groups in total. The van der Waals surface area contributed by atoms with Crippen molar-refractivity contribution in [3.05, 3.63) is 29.8 Å². The Balaban J connectivity index is 1.95. The van der Waals surface area contributed by atoms with Crippen molar-refractivity contribution in [2.75, 3.05) is 31.7 Å². The molecule has 2 rings (SSSR count). The van der Waals surface area contributed by atoms with E-state index in [9.17, 15) is 4.79 Å². The SMILES string of the molecule is O=C(NCCO)c1cccc(NC2CCCOC2)c1. The fraction of sp³-hybridized carbons (Fsp3) is 0.500. The van der Waals surface area contributed by atoms with Gasteiger partial charge >= 0.3 is 0 Å². The third-order valence-corrected chi connectivity index (χ3v) is 3.05. The maximum atomic E-state index is 11.8. The highest BCUT2D eigenvalue weighted by Crippen LogP contribution is 2.16. The topological polar surface area (TPSA) is 70.6 Å². The van der Waals surface area contributed by atoms with Crippen molar-refractivity contribution in [3.63, 3.8) is 0 Å². The first-order chi connectivity index (χ1) is 9.29. The highest BCUT2D eigenvalue weighted by molar-refractivity contribution is 5.95. The zero-order valence-corrected chi connectivity index (χ0v) is 10.9. The Kier molecular flexibility index (Phi) is 5.18. The molecule has 0 radical (unpaired) electrons. The maximum Gasteiger partial charge on any atom is 0.251 e. The molecule has 1 aromatic carbocycles. The minimum absolute atomic E-state index is 0.0525. The van der Waals surface area contributed by atoms with Crippen LogP contribution in [0.4, 0.5) is 5.69 Å². The first-order valence-electron chi connectivity index (χ1n) is 6.63. The van der Waals surface area contributed by atoms with Crippen LogP contribution in [0.2, 0.25) is 0 Å². The Labute approximate surface area is 113 Å².